The largest absolute Gasteiger partial charge is 0.377 e. The first kappa shape index (κ1) is 15.9. The molecule has 1 aliphatic heterocycles. The van der Waals surface area contributed by atoms with Gasteiger partial charge in [0, 0.05) is 31.8 Å². The highest BCUT2D eigenvalue weighted by Crippen LogP contribution is 2.39. The molecule has 3 rings (SSSR count). The molecule has 2 aromatic heterocycles. The van der Waals surface area contributed by atoms with Crippen LogP contribution in [0.15, 0.2) is 33.7 Å². The van der Waals surface area contributed by atoms with Crippen molar-refractivity contribution in [2.24, 2.45) is 5.41 Å². The molecule has 0 bridgehead atoms. The van der Waals surface area contributed by atoms with Crippen molar-refractivity contribution in [1.82, 2.24) is 14.7 Å². The Morgan fingerprint density at radius 2 is 2.17 bits per heavy atom. The van der Waals surface area contributed by atoms with Crippen LogP contribution in [0.4, 0.5) is 0 Å². The lowest BCUT2D eigenvalue weighted by Gasteiger charge is -2.29. The lowest BCUT2D eigenvalue weighted by molar-refractivity contribution is 0.0193. The number of ether oxygens (including phenoxy) is 1. The molecule has 0 saturated carbocycles. The van der Waals surface area contributed by atoms with E-state index in [2.05, 4.69) is 30.9 Å². The molecular weight excluding hydrogens is 294 g/mol. The summed E-state index contributed by atoms with van der Waals surface area (Å²) in [5.41, 5.74) is 0.0171. The predicted octanol–water partition coefficient (Wildman–Crippen LogP) is 2.39. The summed E-state index contributed by atoms with van der Waals surface area (Å²) in [5, 5.41) is 4.14. The van der Waals surface area contributed by atoms with Gasteiger partial charge in [0.15, 0.2) is 5.82 Å². The molecule has 0 radical (unpaired) electrons. The third-order valence-corrected chi connectivity index (χ3v) is 4.23. The highest BCUT2D eigenvalue weighted by atomic mass is 16.5. The third kappa shape index (κ3) is 3.52. The van der Waals surface area contributed by atoms with Gasteiger partial charge < -0.3 is 13.8 Å². The topological polar surface area (TPSA) is 70.2 Å². The summed E-state index contributed by atoms with van der Waals surface area (Å²) in [4.78, 5) is 16.2. The predicted molar refractivity (Wildman–Crippen MR) is 85.3 cm³/mol. The van der Waals surface area contributed by atoms with Gasteiger partial charge in [0.2, 0.25) is 5.89 Å². The molecule has 0 spiro atoms. The Bertz CT molecular complexity index is 714. The number of hydrogen-bond donors (Lipinski definition) is 0. The summed E-state index contributed by atoms with van der Waals surface area (Å²) < 4.78 is 12.9. The van der Waals surface area contributed by atoms with Crippen molar-refractivity contribution in [3.05, 3.63) is 46.5 Å². The molecule has 6 heteroatoms. The van der Waals surface area contributed by atoms with Crippen LogP contribution in [0.5, 0.6) is 0 Å². The molecule has 1 aliphatic rings. The van der Waals surface area contributed by atoms with E-state index in [0.717, 1.165) is 18.9 Å². The van der Waals surface area contributed by atoms with Gasteiger partial charge in [-0.05, 0) is 17.9 Å². The lowest BCUT2D eigenvalue weighted by Crippen LogP contribution is -2.30. The number of rotatable bonds is 4. The van der Waals surface area contributed by atoms with Crippen LogP contribution in [0, 0.1) is 5.41 Å². The van der Waals surface area contributed by atoms with Gasteiger partial charge in [-0.25, -0.2) is 0 Å². The standard InChI is InChI=1S/C17H23N3O3/c1-17(2,3)15-12(8-11-22-15)16-18-13(23-19-16)7-10-20-9-5-4-6-14(20)21/h4-6,9,12,15H,7-8,10-11H2,1-3H3/t12-,15-/m0/s1. The first-order chi connectivity index (χ1) is 10.9. The summed E-state index contributed by atoms with van der Waals surface area (Å²) >= 11 is 0. The molecule has 2 atom stereocenters. The second-order valence-electron chi connectivity index (χ2n) is 7.08. The molecule has 1 saturated heterocycles. The minimum Gasteiger partial charge on any atom is -0.377 e. The molecule has 0 amide bonds. The van der Waals surface area contributed by atoms with Crippen LogP contribution in [-0.4, -0.2) is 27.4 Å². The Kier molecular flexibility index (Phi) is 4.35. The molecule has 23 heavy (non-hydrogen) atoms. The normalized spacial score (nSPS) is 21.7. The zero-order chi connectivity index (χ0) is 16.4. The summed E-state index contributed by atoms with van der Waals surface area (Å²) in [6.07, 6.45) is 3.33. The van der Waals surface area contributed by atoms with Gasteiger partial charge in [-0.1, -0.05) is 32.0 Å². The van der Waals surface area contributed by atoms with E-state index in [4.69, 9.17) is 9.26 Å². The minimum absolute atomic E-state index is 0.0239. The lowest BCUT2D eigenvalue weighted by atomic mass is 9.81. The quantitative estimate of drug-likeness (QED) is 0.866. The maximum Gasteiger partial charge on any atom is 0.250 e. The van der Waals surface area contributed by atoms with Crippen LogP contribution in [0.3, 0.4) is 0 Å². The smallest absolute Gasteiger partial charge is 0.250 e. The number of pyridine rings is 1. The van der Waals surface area contributed by atoms with Crippen LogP contribution in [0.2, 0.25) is 0 Å². The van der Waals surface area contributed by atoms with Gasteiger partial charge in [0.1, 0.15) is 0 Å². The fourth-order valence-electron chi connectivity index (χ4n) is 3.09. The monoisotopic (exact) mass is 317 g/mol. The van der Waals surface area contributed by atoms with Crippen molar-refractivity contribution in [3.63, 3.8) is 0 Å². The van der Waals surface area contributed by atoms with Crippen molar-refractivity contribution in [3.8, 4) is 0 Å². The Hall–Kier alpha value is -1.95. The highest BCUT2D eigenvalue weighted by molar-refractivity contribution is 5.05. The number of aromatic nitrogens is 3. The zero-order valence-electron chi connectivity index (χ0n) is 13.9. The summed E-state index contributed by atoms with van der Waals surface area (Å²) in [6, 6.07) is 5.11. The Morgan fingerprint density at radius 1 is 1.35 bits per heavy atom. The summed E-state index contributed by atoms with van der Waals surface area (Å²) in [5.74, 6) is 1.46. The van der Waals surface area contributed by atoms with E-state index in [1.54, 1.807) is 22.9 Å². The van der Waals surface area contributed by atoms with Crippen molar-refractivity contribution < 1.29 is 9.26 Å². The molecule has 0 aliphatic carbocycles. The van der Waals surface area contributed by atoms with Crippen molar-refractivity contribution >= 4 is 0 Å². The molecule has 2 aromatic rings. The fraction of sp³-hybridized carbons (Fsp3) is 0.588. The number of aryl methyl sites for hydroxylation is 2. The van der Waals surface area contributed by atoms with Gasteiger partial charge in [0.25, 0.3) is 5.56 Å². The summed E-state index contributed by atoms with van der Waals surface area (Å²) in [7, 11) is 0. The van der Waals surface area contributed by atoms with Crippen molar-refractivity contribution in [2.75, 3.05) is 6.61 Å². The average molecular weight is 317 g/mol. The second kappa shape index (κ2) is 6.28. The van der Waals surface area contributed by atoms with Crippen LogP contribution in [0.25, 0.3) is 0 Å². The molecule has 124 valence electrons. The van der Waals surface area contributed by atoms with Crippen LogP contribution < -0.4 is 5.56 Å². The third-order valence-electron chi connectivity index (χ3n) is 4.23. The van der Waals surface area contributed by atoms with Gasteiger partial charge in [-0.3, -0.25) is 4.79 Å². The number of hydrogen-bond acceptors (Lipinski definition) is 5. The van der Waals surface area contributed by atoms with E-state index in [1.165, 1.54) is 0 Å². The molecular formula is C17H23N3O3. The molecule has 1 fully saturated rings. The second-order valence-corrected chi connectivity index (χ2v) is 7.08. The zero-order valence-corrected chi connectivity index (χ0v) is 13.9. The van der Waals surface area contributed by atoms with Gasteiger partial charge >= 0.3 is 0 Å². The van der Waals surface area contributed by atoms with Gasteiger partial charge in [0.05, 0.1) is 12.0 Å². The van der Waals surface area contributed by atoms with E-state index in [9.17, 15) is 4.79 Å². The SMILES string of the molecule is CC(C)(C)[C@H]1OCC[C@@H]1c1noc(CCn2ccccc2=O)n1. The summed E-state index contributed by atoms with van der Waals surface area (Å²) in [6.45, 7) is 7.76. The van der Waals surface area contributed by atoms with E-state index >= 15 is 0 Å². The highest BCUT2D eigenvalue weighted by Gasteiger charge is 2.40. The first-order valence-electron chi connectivity index (χ1n) is 8.05. The van der Waals surface area contributed by atoms with E-state index in [0.29, 0.717) is 18.9 Å². The van der Waals surface area contributed by atoms with Crippen LogP contribution in [0.1, 0.15) is 44.8 Å². The molecule has 0 unspecified atom stereocenters. The molecule has 6 nitrogen and oxygen atoms in total. The first-order valence-corrected chi connectivity index (χ1v) is 8.05. The Balaban J connectivity index is 1.69. The van der Waals surface area contributed by atoms with Crippen LogP contribution in [-0.2, 0) is 17.7 Å². The molecule has 0 N–H and O–H groups in total. The molecule has 3 heterocycles. The minimum atomic E-state index is -0.0239. The molecule has 0 aromatic carbocycles. The van der Waals surface area contributed by atoms with Gasteiger partial charge in [-0.2, -0.15) is 4.98 Å². The fourth-order valence-corrected chi connectivity index (χ4v) is 3.09. The Labute approximate surface area is 135 Å². The van der Waals surface area contributed by atoms with Crippen molar-refractivity contribution in [2.45, 2.75) is 52.2 Å². The van der Waals surface area contributed by atoms with Crippen LogP contribution >= 0.6 is 0 Å². The maximum absolute atomic E-state index is 11.7. The average Bonchev–Trinajstić information content (AvgIpc) is 3.14. The van der Waals surface area contributed by atoms with E-state index in [1.807, 2.05) is 6.07 Å². The van der Waals surface area contributed by atoms with E-state index in [-0.39, 0.29) is 23.0 Å². The maximum atomic E-state index is 11.7. The Morgan fingerprint density at radius 3 is 2.91 bits per heavy atom. The number of nitrogens with zero attached hydrogens (tertiary/aromatic N) is 3. The van der Waals surface area contributed by atoms with Gasteiger partial charge in [-0.15, -0.1) is 0 Å². The van der Waals surface area contributed by atoms with E-state index < -0.39 is 0 Å². The van der Waals surface area contributed by atoms with Crippen molar-refractivity contribution in [1.29, 1.82) is 0 Å².